The van der Waals surface area contributed by atoms with Crippen LogP contribution in [0.25, 0.3) is 0 Å². The van der Waals surface area contributed by atoms with Crippen LogP contribution >= 0.6 is 0 Å². The number of rotatable bonds is 2. The Bertz CT molecular complexity index is 608. The van der Waals surface area contributed by atoms with Gasteiger partial charge in [0.1, 0.15) is 5.75 Å². The molecular weight excluding hydrogens is 270 g/mol. The summed E-state index contributed by atoms with van der Waals surface area (Å²) in [5.74, 6) is 1.21. The van der Waals surface area contributed by atoms with Crippen LogP contribution in [0.15, 0.2) is 30.4 Å². The van der Waals surface area contributed by atoms with Crippen molar-refractivity contribution in [2.75, 3.05) is 13.1 Å². The van der Waals surface area contributed by atoms with Gasteiger partial charge in [0.15, 0.2) is 0 Å². The molecule has 1 aromatic rings. The molecule has 1 aliphatic heterocycles. The maximum atomic E-state index is 10.0. The quantitative estimate of drug-likeness (QED) is 0.833. The minimum atomic E-state index is 0.334. The highest BCUT2D eigenvalue weighted by Gasteiger charge is 2.53. The van der Waals surface area contributed by atoms with Gasteiger partial charge in [-0.25, -0.2) is 0 Å². The normalized spacial score (nSPS) is 33.9. The van der Waals surface area contributed by atoms with Gasteiger partial charge in [0.2, 0.25) is 0 Å². The summed E-state index contributed by atoms with van der Waals surface area (Å²) < 4.78 is 0. The molecule has 2 aliphatic carbocycles. The Balaban J connectivity index is 1.80. The average molecular weight is 297 g/mol. The van der Waals surface area contributed by atoms with Crippen LogP contribution in [0.5, 0.6) is 5.75 Å². The third-order valence-electron chi connectivity index (χ3n) is 6.41. The largest absolute Gasteiger partial charge is 0.508 e. The lowest BCUT2D eigenvalue weighted by atomic mass is 9.52. The second-order valence-electron chi connectivity index (χ2n) is 7.80. The molecule has 3 atom stereocenters. The van der Waals surface area contributed by atoms with E-state index in [1.807, 2.05) is 6.07 Å². The first-order valence-electron chi connectivity index (χ1n) is 8.81. The summed E-state index contributed by atoms with van der Waals surface area (Å²) >= 11 is 0. The second-order valence-corrected chi connectivity index (χ2v) is 7.80. The standard InChI is InChI=1S/C20H27NO/c1-14(2)13-21-10-9-20-8-4-3-5-17(20)19(21)11-15-6-7-16(22)12-18(15)20/h6-7,12,17,19,22H,1,3-5,8-11,13H2,2H3/t17-,19+,20-/m0/s1. The fraction of sp³-hybridized carbons (Fsp3) is 0.600. The Kier molecular flexibility index (Phi) is 3.34. The van der Waals surface area contributed by atoms with E-state index >= 15 is 0 Å². The Morgan fingerprint density at radius 3 is 3.05 bits per heavy atom. The number of piperidine rings is 1. The fourth-order valence-corrected chi connectivity index (χ4v) is 5.62. The number of hydrogen-bond acceptors (Lipinski definition) is 2. The summed E-state index contributed by atoms with van der Waals surface area (Å²) in [5.41, 5.74) is 4.57. The van der Waals surface area contributed by atoms with Crippen LogP contribution in [-0.2, 0) is 11.8 Å². The number of likely N-dealkylation sites (tertiary alicyclic amines) is 1. The summed E-state index contributed by atoms with van der Waals surface area (Å²) in [6, 6.07) is 6.80. The maximum Gasteiger partial charge on any atom is 0.115 e. The summed E-state index contributed by atoms with van der Waals surface area (Å²) in [6.07, 6.45) is 7.78. The highest BCUT2D eigenvalue weighted by Crippen LogP contribution is 2.56. The number of aromatic hydroxyl groups is 1. The highest BCUT2D eigenvalue weighted by atomic mass is 16.3. The number of phenolic OH excluding ortho intramolecular Hbond substituents is 1. The van der Waals surface area contributed by atoms with E-state index in [1.54, 1.807) is 0 Å². The van der Waals surface area contributed by atoms with Gasteiger partial charge < -0.3 is 5.11 Å². The van der Waals surface area contributed by atoms with Crippen LogP contribution in [0, 0.1) is 5.92 Å². The van der Waals surface area contributed by atoms with Gasteiger partial charge in [-0.05, 0) is 68.3 Å². The van der Waals surface area contributed by atoms with Crippen LogP contribution < -0.4 is 0 Å². The lowest BCUT2D eigenvalue weighted by Crippen LogP contribution is -2.61. The first kappa shape index (κ1) is 14.3. The van der Waals surface area contributed by atoms with Crippen LogP contribution in [0.4, 0.5) is 0 Å². The van der Waals surface area contributed by atoms with Crippen molar-refractivity contribution in [1.29, 1.82) is 0 Å². The lowest BCUT2D eigenvalue weighted by Gasteiger charge is -2.59. The van der Waals surface area contributed by atoms with E-state index in [2.05, 4.69) is 30.5 Å². The third kappa shape index (κ3) is 2.04. The van der Waals surface area contributed by atoms with E-state index in [0.717, 1.165) is 18.9 Å². The molecule has 1 heterocycles. The van der Waals surface area contributed by atoms with E-state index in [0.29, 0.717) is 17.2 Å². The molecule has 4 rings (SSSR count). The molecule has 0 unspecified atom stereocenters. The van der Waals surface area contributed by atoms with Crippen molar-refractivity contribution in [3.05, 3.63) is 41.5 Å². The zero-order chi connectivity index (χ0) is 15.3. The van der Waals surface area contributed by atoms with E-state index in [9.17, 15) is 5.11 Å². The van der Waals surface area contributed by atoms with Gasteiger partial charge in [-0.3, -0.25) is 4.90 Å². The van der Waals surface area contributed by atoms with Crippen LogP contribution in [0.3, 0.4) is 0 Å². The molecular formula is C20H27NO. The molecule has 2 nitrogen and oxygen atoms in total. The van der Waals surface area contributed by atoms with Gasteiger partial charge in [-0.15, -0.1) is 0 Å². The molecule has 3 aliphatic rings. The van der Waals surface area contributed by atoms with Gasteiger partial charge in [0.25, 0.3) is 0 Å². The molecule has 1 saturated heterocycles. The summed E-state index contributed by atoms with van der Waals surface area (Å²) in [6.45, 7) is 8.52. The Morgan fingerprint density at radius 2 is 2.23 bits per heavy atom. The number of benzene rings is 1. The number of nitrogens with zero attached hydrogens (tertiary/aromatic N) is 1. The van der Waals surface area contributed by atoms with Gasteiger partial charge in [0, 0.05) is 18.0 Å². The van der Waals surface area contributed by atoms with Crippen molar-refractivity contribution in [2.45, 2.75) is 56.9 Å². The molecule has 0 aromatic heterocycles. The molecule has 2 heteroatoms. The minimum absolute atomic E-state index is 0.334. The van der Waals surface area contributed by atoms with Crippen molar-refractivity contribution in [3.8, 4) is 5.75 Å². The van der Waals surface area contributed by atoms with Gasteiger partial charge in [0.05, 0.1) is 0 Å². The molecule has 0 amide bonds. The van der Waals surface area contributed by atoms with Gasteiger partial charge >= 0.3 is 0 Å². The number of phenols is 1. The molecule has 1 aromatic carbocycles. The zero-order valence-corrected chi connectivity index (χ0v) is 13.6. The molecule has 0 radical (unpaired) electrons. The summed E-state index contributed by atoms with van der Waals surface area (Å²) in [4.78, 5) is 2.69. The van der Waals surface area contributed by atoms with Gasteiger partial charge in [-0.2, -0.15) is 0 Å². The predicted octanol–water partition coefficient (Wildman–Crippen LogP) is 4.03. The molecule has 118 valence electrons. The van der Waals surface area contributed by atoms with Crippen molar-refractivity contribution in [1.82, 2.24) is 4.90 Å². The monoisotopic (exact) mass is 297 g/mol. The van der Waals surface area contributed by atoms with Crippen molar-refractivity contribution >= 4 is 0 Å². The summed E-state index contributed by atoms with van der Waals surface area (Å²) in [5, 5.41) is 10.0. The maximum absolute atomic E-state index is 10.0. The first-order chi connectivity index (χ1) is 10.6. The van der Waals surface area contributed by atoms with E-state index in [4.69, 9.17) is 0 Å². The molecule has 1 saturated carbocycles. The van der Waals surface area contributed by atoms with E-state index in [1.165, 1.54) is 55.3 Å². The topological polar surface area (TPSA) is 23.5 Å². The summed E-state index contributed by atoms with van der Waals surface area (Å²) in [7, 11) is 0. The second kappa shape index (κ2) is 5.13. The van der Waals surface area contributed by atoms with Crippen LogP contribution in [0.1, 0.15) is 50.2 Å². The van der Waals surface area contributed by atoms with Crippen LogP contribution in [-0.4, -0.2) is 29.1 Å². The van der Waals surface area contributed by atoms with Crippen LogP contribution in [0.2, 0.25) is 0 Å². The predicted molar refractivity (Wildman–Crippen MR) is 90.2 cm³/mol. The van der Waals surface area contributed by atoms with Crippen molar-refractivity contribution in [3.63, 3.8) is 0 Å². The van der Waals surface area contributed by atoms with E-state index in [-0.39, 0.29) is 0 Å². The smallest absolute Gasteiger partial charge is 0.115 e. The van der Waals surface area contributed by atoms with Gasteiger partial charge in [-0.1, -0.05) is 31.1 Å². The Labute approximate surface area is 133 Å². The zero-order valence-electron chi connectivity index (χ0n) is 13.6. The average Bonchev–Trinajstić information content (AvgIpc) is 2.50. The third-order valence-corrected chi connectivity index (χ3v) is 6.41. The number of hydrogen-bond donors (Lipinski definition) is 1. The molecule has 1 N–H and O–H groups in total. The molecule has 2 fully saturated rings. The first-order valence-corrected chi connectivity index (χ1v) is 8.81. The molecule has 0 spiro atoms. The number of fused-ring (bicyclic) bond motifs is 1. The molecule has 2 bridgehead atoms. The highest BCUT2D eigenvalue weighted by molar-refractivity contribution is 5.45. The Hall–Kier alpha value is -1.28. The molecule has 22 heavy (non-hydrogen) atoms. The van der Waals surface area contributed by atoms with E-state index < -0.39 is 0 Å². The fourth-order valence-electron chi connectivity index (χ4n) is 5.62. The lowest BCUT2D eigenvalue weighted by molar-refractivity contribution is -0.00642. The van der Waals surface area contributed by atoms with Crippen molar-refractivity contribution in [2.24, 2.45) is 5.92 Å². The SMILES string of the molecule is C=C(C)CN1CC[C@@]23CCCC[C@H]2[C@H]1Cc1ccc(O)cc13. The van der Waals surface area contributed by atoms with Crippen molar-refractivity contribution < 1.29 is 5.11 Å². The minimum Gasteiger partial charge on any atom is -0.508 e. The Morgan fingerprint density at radius 1 is 1.36 bits per heavy atom.